The Morgan fingerprint density at radius 2 is 1.70 bits per heavy atom. The largest absolute Gasteiger partial charge is 0.325 e. The van der Waals surface area contributed by atoms with Crippen LogP contribution in [0.5, 0.6) is 0 Å². The molecule has 0 amide bonds. The average Bonchev–Trinajstić information content (AvgIpc) is 2.37. The molecule has 0 aliphatic heterocycles. The van der Waals surface area contributed by atoms with Crippen molar-refractivity contribution in [2.45, 2.75) is 25.3 Å². The molecule has 2 aromatic carbocycles. The molecule has 20 heavy (non-hydrogen) atoms. The van der Waals surface area contributed by atoms with E-state index >= 15 is 0 Å². The highest BCUT2D eigenvalue weighted by Crippen LogP contribution is 2.28. The smallest absolute Gasteiger partial charge is 0.123 e. The number of nitrogens with two attached hydrogens (primary N) is 1. The molecule has 0 aliphatic carbocycles. The topological polar surface area (TPSA) is 26.0 Å². The van der Waals surface area contributed by atoms with E-state index in [2.05, 4.69) is 0 Å². The van der Waals surface area contributed by atoms with Crippen LogP contribution in [0.15, 0.2) is 42.5 Å². The predicted molar refractivity (Wildman–Crippen MR) is 82.9 cm³/mol. The highest BCUT2D eigenvalue weighted by molar-refractivity contribution is 6.42. The third-order valence-corrected chi connectivity index (χ3v) is 4.01. The molecule has 0 aliphatic rings. The molecule has 0 saturated heterocycles. The lowest BCUT2D eigenvalue weighted by molar-refractivity contribution is 0.462. The van der Waals surface area contributed by atoms with Gasteiger partial charge >= 0.3 is 0 Å². The van der Waals surface area contributed by atoms with Crippen molar-refractivity contribution in [3.8, 4) is 0 Å². The van der Waals surface area contributed by atoms with Crippen LogP contribution in [-0.2, 0) is 12.8 Å². The summed E-state index contributed by atoms with van der Waals surface area (Å²) in [6, 6.07) is 11.9. The van der Waals surface area contributed by atoms with Crippen LogP contribution in [0.25, 0.3) is 0 Å². The molecular formula is C16H16Cl2FN. The lowest BCUT2D eigenvalue weighted by atomic mass is 9.87. The third-order valence-electron chi connectivity index (χ3n) is 3.15. The van der Waals surface area contributed by atoms with Gasteiger partial charge in [0.05, 0.1) is 10.0 Å². The zero-order chi connectivity index (χ0) is 14.8. The van der Waals surface area contributed by atoms with Crippen molar-refractivity contribution in [1.82, 2.24) is 0 Å². The van der Waals surface area contributed by atoms with E-state index in [0.29, 0.717) is 22.9 Å². The standard InChI is InChI=1S/C16H16Cl2FN/c1-16(20,9-11-5-7-13(19)8-6-11)10-12-3-2-4-14(17)15(12)18/h2-8H,9-10,20H2,1H3. The minimum Gasteiger partial charge on any atom is -0.325 e. The summed E-state index contributed by atoms with van der Waals surface area (Å²) in [4.78, 5) is 0. The van der Waals surface area contributed by atoms with Gasteiger partial charge in [-0.15, -0.1) is 0 Å². The molecule has 106 valence electrons. The van der Waals surface area contributed by atoms with Crippen LogP contribution in [0, 0.1) is 5.82 Å². The molecular weight excluding hydrogens is 296 g/mol. The molecule has 1 atom stereocenters. The van der Waals surface area contributed by atoms with Crippen molar-refractivity contribution < 1.29 is 4.39 Å². The maximum atomic E-state index is 12.9. The molecule has 0 spiro atoms. The summed E-state index contributed by atoms with van der Waals surface area (Å²) in [5.74, 6) is -0.245. The first-order valence-corrected chi connectivity index (χ1v) is 7.09. The lowest BCUT2D eigenvalue weighted by Crippen LogP contribution is -2.41. The number of hydrogen-bond donors (Lipinski definition) is 1. The van der Waals surface area contributed by atoms with Crippen molar-refractivity contribution in [3.63, 3.8) is 0 Å². The van der Waals surface area contributed by atoms with E-state index in [1.165, 1.54) is 12.1 Å². The summed E-state index contributed by atoms with van der Waals surface area (Å²) in [5.41, 5.74) is 7.78. The number of hydrogen-bond acceptors (Lipinski definition) is 1. The third kappa shape index (κ3) is 3.95. The second kappa shape index (κ2) is 6.13. The first-order valence-electron chi connectivity index (χ1n) is 6.34. The van der Waals surface area contributed by atoms with Gasteiger partial charge in [0.2, 0.25) is 0 Å². The molecule has 0 radical (unpaired) electrons. The van der Waals surface area contributed by atoms with Crippen LogP contribution in [-0.4, -0.2) is 5.54 Å². The Kier molecular flexibility index (Phi) is 4.69. The monoisotopic (exact) mass is 311 g/mol. The number of halogens is 3. The summed E-state index contributed by atoms with van der Waals surface area (Å²) >= 11 is 12.2. The summed E-state index contributed by atoms with van der Waals surface area (Å²) in [5, 5.41) is 1.08. The fraction of sp³-hybridized carbons (Fsp3) is 0.250. The Morgan fingerprint density at radius 3 is 2.35 bits per heavy atom. The van der Waals surface area contributed by atoms with Crippen molar-refractivity contribution >= 4 is 23.2 Å². The van der Waals surface area contributed by atoms with Crippen LogP contribution < -0.4 is 5.73 Å². The van der Waals surface area contributed by atoms with E-state index in [-0.39, 0.29) is 5.82 Å². The molecule has 2 aromatic rings. The van der Waals surface area contributed by atoms with Gasteiger partial charge in [-0.1, -0.05) is 47.5 Å². The van der Waals surface area contributed by atoms with Crippen LogP contribution >= 0.6 is 23.2 Å². The van der Waals surface area contributed by atoms with E-state index in [0.717, 1.165) is 11.1 Å². The molecule has 0 saturated carbocycles. The summed E-state index contributed by atoms with van der Waals surface area (Å²) in [7, 11) is 0. The average molecular weight is 312 g/mol. The maximum Gasteiger partial charge on any atom is 0.123 e. The molecule has 2 N–H and O–H groups in total. The SMILES string of the molecule is CC(N)(Cc1ccc(F)cc1)Cc1cccc(Cl)c1Cl. The first-order chi connectivity index (χ1) is 9.37. The summed E-state index contributed by atoms with van der Waals surface area (Å²) in [6.07, 6.45) is 1.24. The Morgan fingerprint density at radius 1 is 1.05 bits per heavy atom. The zero-order valence-corrected chi connectivity index (χ0v) is 12.7. The van der Waals surface area contributed by atoms with E-state index < -0.39 is 5.54 Å². The van der Waals surface area contributed by atoms with E-state index in [9.17, 15) is 4.39 Å². The number of rotatable bonds is 4. The zero-order valence-electron chi connectivity index (χ0n) is 11.2. The van der Waals surface area contributed by atoms with Gasteiger partial charge in [0, 0.05) is 5.54 Å². The summed E-state index contributed by atoms with van der Waals surface area (Å²) < 4.78 is 12.9. The second-order valence-corrected chi connectivity index (χ2v) is 6.13. The molecule has 0 fully saturated rings. The van der Waals surface area contributed by atoms with Crippen LogP contribution in [0.2, 0.25) is 10.0 Å². The van der Waals surface area contributed by atoms with E-state index in [4.69, 9.17) is 28.9 Å². The highest BCUT2D eigenvalue weighted by Gasteiger charge is 2.21. The van der Waals surface area contributed by atoms with Gasteiger partial charge in [0.15, 0.2) is 0 Å². The van der Waals surface area contributed by atoms with Gasteiger partial charge < -0.3 is 5.73 Å². The quantitative estimate of drug-likeness (QED) is 0.875. The van der Waals surface area contributed by atoms with Crippen LogP contribution in [0.4, 0.5) is 4.39 Å². The number of benzene rings is 2. The predicted octanol–water partition coefficient (Wildman–Crippen LogP) is 4.64. The molecule has 4 heteroatoms. The minimum atomic E-state index is -0.480. The van der Waals surface area contributed by atoms with Crippen LogP contribution in [0.1, 0.15) is 18.1 Å². The molecule has 2 rings (SSSR count). The minimum absolute atomic E-state index is 0.245. The van der Waals surface area contributed by atoms with Gasteiger partial charge in [-0.2, -0.15) is 0 Å². The van der Waals surface area contributed by atoms with Gasteiger partial charge in [-0.3, -0.25) is 0 Å². The highest BCUT2D eigenvalue weighted by atomic mass is 35.5. The van der Waals surface area contributed by atoms with Gasteiger partial charge in [0.1, 0.15) is 5.82 Å². The maximum absolute atomic E-state index is 12.9. The first kappa shape index (κ1) is 15.3. The molecule has 0 aromatic heterocycles. The van der Waals surface area contributed by atoms with Crippen LogP contribution in [0.3, 0.4) is 0 Å². The van der Waals surface area contributed by atoms with Crippen molar-refractivity contribution in [3.05, 3.63) is 69.5 Å². The molecule has 1 unspecified atom stereocenters. The molecule has 0 bridgehead atoms. The Balaban J connectivity index is 2.14. The molecule has 1 nitrogen and oxygen atoms in total. The van der Waals surface area contributed by atoms with E-state index in [1.54, 1.807) is 18.2 Å². The Bertz CT molecular complexity index is 594. The fourth-order valence-corrected chi connectivity index (χ4v) is 2.64. The van der Waals surface area contributed by atoms with Gasteiger partial charge in [-0.25, -0.2) is 4.39 Å². The summed E-state index contributed by atoms with van der Waals surface area (Å²) in [6.45, 7) is 1.95. The molecule has 0 heterocycles. The van der Waals surface area contributed by atoms with Gasteiger partial charge in [0.25, 0.3) is 0 Å². The Labute approximate surface area is 128 Å². The van der Waals surface area contributed by atoms with Crippen molar-refractivity contribution in [2.75, 3.05) is 0 Å². The van der Waals surface area contributed by atoms with Crippen molar-refractivity contribution in [1.29, 1.82) is 0 Å². The lowest BCUT2D eigenvalue weighted by Gasteiger charge is -2.25. The second-order valence-electron chi connectivity index (χ2n) is 5.35. The van der Waals surface area contributed by atoms with Gasteiger partial charge in [-0.05, 0) is 49.1 Å². The van der Waals surface area contributed by atoms with E-state index in [1.807, 2.05) is 19.1 Å². The Hall–Kier alpha value is -1.09. The normalized spacial score (nSPS) is 14.1. The van der Waals surface area contributed by atoms with Crippen molar-refractivity contribution in [2.24, 2.45) is 5.73 Å². The fourth-order valence-electron chi connectivity index (χ4n) is 2.25.